The summed E-state index contributed by atoms with van der Waals surface area (Å²) < 4.78 is 5.29. The zero-order valence-electron chi connectivity index (χ0n) is 22.9. The highest BCUT2D eigenvalue weighted by molar-refractivity contribution is 6.23. The Balaban J connectivity index is 1.13. The highest BCUT2D eigenvalue weighted by atomic mass is 16.5. The van der Waals surface area contributed by atoms with E-state index in [1.807, 2.05) is 49.4 Å². The molecule has 7 nitrogen and oxygen atoms in total. The SMILES string of the molecule is CCc1ccccc1NC(=O)COC(=O)c1cccc(N2C(=O)[C@@H]3C4c5ccccc5C(c5ccccc54)[C@H]3C2=O)c1. The van der Waals surface area contributed by atoms with Crippen LogP contribution in [0.3, 0.4) is 0 Å². The molecule has 0 aromatic heterocycles. The van der Waals surface area contributed by atoms with Crippen molar-refractivity contribution >= 4 is 35.1 Å². The molecule has 1 N–H and O–H groups in total. The molecule has 1 fully saturated rings. The normalized spacial score (nSPS) is 21.4. The van der Waals surface area contributed by atoms with Crippen LogP contribution in [0.15, 0.2) is 97.1 Å². The van der Waals surface area contributed by atoms with Gasteiger partial charge in [-0.25, -0.2) is 9.69 Å². The lowest BCUT2D eigenvalue weighted by Gasteiger charge is -2.45. The molecule has 8 rings (SSSR count). The number of carbonyl (C=O) groups excluding carboxylic acids is 4. The van der Waals surface area contributed by atoms with E-state index < -0.39 is 30.3 Å². The number of nitrogens with one attached hydrogen (secondary N) is 1. The van der Waals surface area contributed by atoms with Crippen LogP contribution in [-0.4, -0.2) is 30.3 Å². The lowest BCUT2D eigenvalue weighted by Crippen LogP contribution is -2.41. The van der Waals surface area contributed by atoms with Crippen LogP contribution in [0.1, 0.15) is 56.9 Å². The minimum absolute atomic E-state index is 0.152. The number of ether oxygens (including phenoxy) is 1. The van der Waals surface area contributed by atoms with Gasteiger partial charge in [0.2, 0.25) is 11.8 Å². The van der Waals surface area contributed by atoms with E-state index in [9.17, 15) is 19.2 Å². The highest BCUT2D eigenvalue weighted by Crippen LogP contribution is 2.61. The number of hydrogen-bond acceptors (Lipinski definition) is 5. The molecule has 3 amide bonds. The van der Waals surface area contributed by atoms with Gasteiger partial charge in [0, 0.05) is 17.5 Å². The van der Waals surface area contributed by atoms with E-state index >= 15 is 0 Å². The Bertz CT molecular complexity index is 1660. The Labute approximate surface area is 243 Å². The third kappa shape index (κ3) is 3.96. The van der Waals surface area contributed by atoms with Gasteiger partial charge >= 0.3 is 5.97 Å². The van der Waals surface area contributed by atoms with Crippen LogP contribution in [0.5, 0.6) is 0 Å². The first kappa shape index (κ1) is 25.9. The number of hydrogen-bond donors (Lipinski definition) is 1. The van der Waals surface area contributed by atoms with Crippen LogP contribution < -0.4 is 10.2 Å². The molecule has 0 saturated carbocycles. The number of aryl methyl sites for hydroxylation is 1. The maximum Gasteiger partial charge on any atom is 0.338 e. The quantitative estimate of drug-likeness (QED) is 0.252. The zero-order chi connectivity index (χ0) is 29.0. The lowest BCUT2D eigenvalue weighted by molar-refractivity contribution is -0.122. The summed E-state index contributed by atoms with van der Waals surface area (Å²) in [5.74, 6) is -3.14. The number of carbonyl (C=O) groups is 4. The molecule has 1 heterocycles. The van der Waals surface area contributed by atoms with Crippen LogP contribution >= 0.6 is 0 Å². The second-order valence-electron chi connectivity index (χ2n) is 11.0. The maximum absolute atomic E-state index is 14.0. The zero-order valence-corrected chi connectivity index (χ0v) is 22.9. The number of para-hydroxylation sites is 1. The van der Waals surface area contributed by atoms with Gasteiger partial charge in [0.25, 0.3) is 5.91 Å². The fourth-order valence-electron chi connectivity index (χ4n) is 7.06. The third-order valence-corrected chi connectivity index (χ3v) is 8.80. The van der Waals surface area contributed by atoms with Crippen molar-refractivity contribution in [2.45, 2.75) is 25.2 Å². The molecule has 7 heteroatoms. The maximum atomic E-state index is 14.0. The monoisotopic (exact) mass is 556 g/mol. The number of imide groups is 1. The largest absolute Gasteiger partial charge is 0.452 e. The molecule has 1 saturated heterocycles. The Morgan fingerprint density at radius 3 is 1.86 bits per heavy atom. The summed E-state index contributed by atoms with van der Waals surface area (Å²) in [5, 5.41) is 2.78. The number of nitrogens with zero attached hydrogens (tertiary/aromatic N) is 1. The van der Waals surface area contributed by atoms with E-state index in [0.717, 1.165) is 34.2 Å². The molecule has 0 spiro atoms. The molecule has 4 aliphatic rings. The molecule has 0 unspecified atom stereocenters. The van der Waals surface area contributed by atoms with Gasteiger partial charge in [-0.2, -0.15) is 0 Å². The molecule has 4 aromatic rings. The van der Waals surface area contributed by atoms with Crippen molar-refractivity contribution in [2.24, 2.45) is 11.8 Å². The molecular weight excluding hydrogens is 528 g/mol. The van der Waals surface area contributed by atoms with E-state index in [-0.39, 0.29) is 29.2 Å². The van der Waals surface area contributed by atoms with Gasteiger partial charge in [0.1, 0.15) is 0 Å². The summed E-state index contributed by atoms with van der Waals surface area (Å²) in [6.45, 7) is 1.53. The third-order valence-electron chi connectivity index (χ3n) is 8.80. The predicted octanol–water partition coefficient (Wildman–Crippen LogP) is 5.44. The van der Waals surface area contributed by atoms with Crippen molar-refractivity contribution < 1.29 is 23.9 Å². The van der Waals surface area contributed by atoms with E-state index in [4.69, 9.17) is 4.74 Å². The summed E-state index contributed by atoms with van der Waals surface area (Å²) in [5.41, 5.74) is 6.52. The average Bonchev–Trinajstić information content (AvgIpc) is 3.30. The molecule has 4 aromatic carbocycles. The fraction of sp³-hybridized carbons (Fsp3) is 0.200. The van der Waals surface area contributed by atoms with Crippen LogP contribution in [0.25, 0.3) is 0 Å². The van der Waals surface area contributed by atoms with Crippen molar-refractivity contribution in [3.8, 4) is 0 Å². The summed E-state index contributed by atoms with van der Waals surface area (Å²) in [4.78, 5) is 54.7. The smallest absolute Gasteiger partial charge is 0.338 e. The van der Waals surface area contributed by atoms with Crippen molar-refractivity contribution in [3.63, 3.8) is 0 Å². The van der Waals surface area contributed by atoms with Gasteiger partial charge in [0.15, 0.2) is 6.61 Å². The number of esters is 1. The van der Waals surface area contributed by atoms with Crippen LogP contribution in [0.4, 0.5) is 11.4 Å². The fourth-order valence-corrected chi connectivity index (χ4v) is 7.06. The molecule has 42 heavy (non-hydrogen) atoms. The molecular formula is C35H28N2O5. The summed E-state index contributed by atoms with van der Waals surface area (Å²) in [6, 6.07) is 29.9. The molecule has 208 valence electrons. The van der Waals surface area contributed by atoms with E-state index in [1.165, 1.54) is 11.0 Å². The first-order valence-electron chi connectivity index (χ1n) is 14.2. The number of amides is 3. The van der Waals surface area contributed by atoms with Gasteiger partial charge < -0.3 is 10.1 Å². The Morgan fingerprint density at radius 2 is 1.29 bits per heavy atom. The number of rotatable bonds is 6. The van der Waals surface area contributed by atoms with Crippen molar-refractivity contribution in [2.75, 3.05) is 16.8 Å². The van der Waals surface area contributed by atoms with E-state index in [0.29, 0.717) is 11.4 Å². The van der Waals surface area contributed by atoms with Crippen molar-refractivity contribution in [3.05, 3.63) is 130 Å². The second-order valence-corrected chi connectivity index (χ2v) is 11.0. The average molecular weight is 557 g/mol. The van der Waals surface area contributed by atoms with Crippen molar-refractivity contribution in [1.29, 1.82) is 0 Å². The first-order chi connectivity index (χ1) is 20.5. The van der Waals surface area contributed by atoms with Crippen LogP contribution in [0.2, 0.25) is 0 Å². The summed E-state index contributed by atoms with van der Waals surface area (Å²) in [6.07, 6.45) is 0.748. The van der Waals surface area contributed by atoms with Crippen molar-refractivity contribution in [1.82, 2.24) is 0 Å². The van der Waals surface area contributed by atoms with Gasteiger partial charge in [-0.05, 0) is 58.5 Å². The first-order valence-corrected chi connectivity index (χ1v) is 14.2. The standard InChI is InChI=1S/C35H28N2O5/c1-2-20-10-3-8-17-27(20)36-28(38)19-42-35(41)21-11-9-12-22(18-21)37-33(39)31-29-23-13-4-5-14-24(23)30(32(31)34(37)40)26-16-7-6-15-25(26)29/h3-18,29-32H,2,19H2,1H3,(H,36,38)/t29?,30?,31-,32-/m1/s1. The Kier molecular flexibility index (Phi) is 6.23. The highest BCUT2D eigenvalue weighted by Gasteiger charge is 2.61. The van der Waals surface area contributed by atoms with Gasteiger partial charge in [0.05, 0.1) is 23.1 Å². The summed E-state index contributed by atoms with van der Waals surface area (Å²) in [7, 11) is 0. The molecule has 0 radical (unpaired) electrons. The minimum atomic E-state index is -0.716. The lowest BCUT2D eigenvalue weighted by atomic mass is 9.55. The molecule has 1 aliphatic heterocycles. The number of benzene rings is 4. The van der Waals surface area contributed by atoms with E-state index in [2.05, 4.69) is 29.6 Å². The van der Waals surface area contributed by atoms with Gasteiger partial charge in [-0.1, -0.05) is 79.7 Å². The molecule has 2 bridgehead atoms. The predicted molar refractivity (Wildman–Crippen MR) is 157 cm³/mol. The second kappa shape index (κ2) is 10.1. The Hall–Kier alpha value is -5.04. The Morgan fingerprint density at radius 1 is 0.738 bits per heavy atom. The van der Waals surface area contributed by atoms with Crippen LogP contribution in [-0.2, 0) is 25.5 Å². The van der Waals surface area contributed by atoms with Gasteiger partial charge in [-0.15, -0.1) is 0 Å². The topological polar surface area (TPSA) is 92.8 Å². The minimum Gasteiger partial charge on any atom is -0.452 e. The molecule has 3 aliphatic carbocycles. The number of anilines is 2. The van der Waals surface area contributed by atoms with Gasteiger partial charge in [-0.3, -0.25) is 14.4 Å². The molecule has 2 atom stereocenters. The van der Waals surface area contributed by atoms with E-state index in [1.54, 1.807) is 24.3 Å². The summed E-state index contributed by atoms with van der Waals surface area (Å²) >= 11 is 0. The van der Waals surface area contributed by atoms with Crippen LogP contribution in [0, 0.1) is 11.8 Å².